The predicted molar refractivity (Wildman–Crippen MR) is 45.5 cm³/mol. The van der Waals surface area contributed by atoms with Gasteiger partial charge in [-0.3, -0.25) is 9.69 Å². The van der Waals surface area contributed by atoms with Gasteiger partial charge in [-0.15, -0.1) is 0 Å². The second-order valence-corrected chi connectivity index (χ2v) is 4.09. The minimum absolute atomic E-state index is 0.263. The molecule has 0 spiro atoms. The summed E-state index contributed by atoms with van der Waals surface area (Å²) in [6.45, 7) is 3.99. The maximum Gasteiger partial charge on any atom is 0.155 e. The Hall–Kier alpha value is -0.370. The Morgan fingerprint density at radius 2 is 1.82 bits per heavy atom. The first-order valence-corrected chi connectivity index (χ1v) is 4.18. The summed E-state index contributed by atoms with van der Waals surface area (Å²) in [6.07, 6.45) is 2.21. The molecule has 0 atom stereocenters. The molecule has 0 heterocycles. The average molecular weight is 155 g/mol. The zero-order chi connectivity index (χ0) is 8.65. The minimum Gasteiger partial charge on any atom is -0.298 e. The third kappa shape index (κ3) is 1.62. The van der Waals surface area contributed by atoms with Crippen LogP contribution in [0.25, 0.3) is 0 Å². The Morgan fingerprint density at radius 3 is 2.09 bits per heavy atom. The Balaban J connectivity index is 2.62. The van der Waals surface area contributed by atoms with Gasteiger partial charge in [0, 0.05) is 5.92 Å². The molecule has 2 heteroatoms. The maximum absolute atomic E-state index is 11.6. The number of hydrogen-bond donors (Lipinski definition) is 0. The fraction of sp³-hybridized carbons (Fsp3) is 0.889. The van der Waals surface area contributed by atoms with Gasteiger partial charge in [0.25, 0.3) is 0 Å². The molecule has 1 saturated carbocycles. The Morgan fingerprint density at radius 1 is 1.36 bits per heavy atom. The van der Waals surface area contributed by atoms with Gasteiger partial charge in [0.15, 0.2) is 5.78 Å². The quantitative estimate of drug-likeness (QED) is 0.612. The molecule has 1 rings (SSSR count). The zero-order valence-electron chi connectivity index (χ0n) is 7.85. The molecule has 11 heavy (non-hydrogen) atoms. The van der Waals surface area contributed by atoms with Crippen molar-refractivity contribution < 1.29 is 4.79 Å². The highest BCUT2D eigenvalue weighted by molar-refractivity contribution is 5.91. The van der Waals surface area contributed by atoms with Crippen LogP contribution >= 0.6 is 0 Å². The van der Waals surface area contributed by atoms with Crippen molar-refractivity contribution in [2.75, 3.05) is 14.1 Å². The molecular weight excluding hydrogens is 138 g/mol. The van der Waals surface area contributed by atoms with Crippen LogP contribution in [0.3, 0.4) is 0 Å². The lowest BCUT2D eigenvalue weighted by molar-refractivity contribution is -0.129. The van der Waals surface area contributed by atoms with E-state index in [-0.39, 0.29) is 5.54 Å². The number of carbonyl (C=O) groups excluding carboxylic acids is 1. The van der Waals surface area contributed by atoms with Crippen molar-refractivity contribution in [3.63, 3.8) is 0 Å². The van der Waals surface area contributed by atoms with Crippen LogP contribution in [0.5, 0.6) is 0 Å². The van der Waals surface area contributed by atoms with E-state index >= 15 is 0 Å². The summed E-state index contributed by atoms with van der Waals surface area (Å²) >= 11 is 0. The van der Waals surface area contributed by atoms with Crippen LogP contribution in [0.4, 0.5) is 0 Å². The summed E-state index contributed by atoms with van der Waals surface area (Å²) < 4.78 is 0. The Labute approximate surface area is 68.6 Å². The van der Waals surface area contributed by atoms with Crippen molar-refractivity contribution in [3.8, 4) is 0 Å². The van der Waals surface area contributed by atoms with Gasteiger partial charge in [0.05, 0.1) is 5.54 Å². The molecule has 2 nitrogen and oxygen atoms in total. The van der Waals surface area contributed by atoms with Crippen LogP contribution in [-0.4, -0.2) is 30.3 Å². The topological polar surface area (TPSA) is 20.3 Å². The second kappa shape index (κ2) is 2.59. The van der Waals surface area contributed by atoms with Crippen LogP contribution in [0.1, 0.15) is 26.7 Å². The van der Waals surface area contributed by atoms with Gasteiger partial charge in [0.1, 0.15) is 0 Å². The van der Waals surface area contributed by atoms with Gasteiger partial charge in [-0.25, -0.2) is 0 Å². The fourth-order valence-electron chi connectivity index (χ4n) is 1.07. The molecule has 0 bridgehead atoms. The van der Waals surface area contributed by atoms with Crippen LogP contribution in [-0.2, 0) is 4.79 Å². The normalized spacial score (nSPS) is 19.0. The molecular formula is C9H17NO. The number of Topliss-reactive ketones (excluding diaryl/α,β-unsaturated/α-hetero) is 1. The predicted octanol–water partition coefficient (Wildman–Crippen LogP) is 1.31. The summed E-state index contributed by atoms with van der Waals surface area (Å²) in [4.78, 5) is 13.6. The van der Waals surface area contributed by atoms with Gasteiger partial charge in [-0.1, -0.05) is 0 Å². The maximum atomic E-state index is 11.6. The summed E-state index contributed by atoms with van der Waals surface area (Å²) in [6, 6.07) is 0. The first-order valence-electron chi connectivity index (χ1n) is 4.18. The largest absolute Gasteiger partial charge is 0.298 e. The van der Waals surface area contributed by atoms with Gasteiger partial charge < -0.3 is 0 Å². The molecule has 0 amide bonds. The summed E-state index contributed by atoms with van der Waals surface area (Å²) in [5.41, 5.74) is -0.263. The van der Waals surface area contributed by atoms with E-state index in [4.69, 9.17) is 0 Å². The van der Waals surface area contributed by atoms with Crippen LogP contribution in [0, 0.1) is 5.92 Å². The van der Waals surface area contributed by atoms with E-state index in [1.807, 2.05) is 32.8 Å². The van der Waals surface area contributed by atoms with Crippen molar-refractivity contribution in [2.45, 2.75) is 32.2 Å². The molecule has 1 aliphatic carbocycles. The van der Waals surface area contributed by atoms with Crippen LogP contribution in [0.15, 0.2) is 0 Å². The summed E-state index contributed by atoms with van der Waals surface area (Å²) in [7, 11) is 3.92. The zero-order valence-corrected chi connectivity index (χ0v) is 7.85. The van der Waals surface area contributed by atoms with Gasteiger partial charge in [-0.2, -0.15) is 0 Å². The molecule has 1 fully saturated rings. The Kier molecular flexibility index (Phi) is 2.06. The average Bonchev–Trinajstić information content (AvgIpc) is 2.66. The molecule has 0 unspecified atom stereocenters. The number of nitrogens with zero attached hydrogens (tertiary/aromatic N) is 1. The van der Waals surface area contributed by atoms with Gasteiger partial charge in [-0.05, 0) is 40.8 Å². The van der Waals surface area contributed by atoms with Gasteiger partial charge >= 0.3 is 0 Å². The lowest BCUT2D eigenvalue weighted by Crippen LogP contribution is -2.46. The highest BCUT2D eigenvalue weighted by Crippen LogP contribution is 2.34. The van der Waals surface area contributed by atoms with Crippen molar-refractivity contribution >= 4 is 5.78 Å². The molecule has 0 radical (unpaired) electrons. The van der Waals surface area contributed by atoms with E-state index in [1.54, 1.807) is 0 Å². The van der Waals surface area contributed by atoms with Crippen molar-refractivity contribution in [2.24, 2.45) is 5.92 Å². The van der Waals surface area contributed by atoms with Crippen LogP contribution in [0.2, 0.25) is 0 Å². The molecule has 0 aliphatic heterocycles. The third-order valence-corrected chi connectivity index (χ3v) is 2.67. The first-order chi connectivity index (χ1) is 4.96. The molecule has 0 aromatic carbocycles. The summed E-state index contributed by atoms with van der Waals surface area (Å²) in [5.74, 6) is 0.773. The molecule has 0 aromatic rings. The van der Waals surface area contributed by atoms with E-state index in [2.05, 4.69) is 0 Å². The van der Waals surface area contributed by atoms with E-state index in [9.17, 15) is 4.79 Å². The van der Waals surface area contributed by atoms with Crippen molar-refractivity contribution in [1.29, 1.82) is 0 Å². The molecule has 0 aromatic heterocycles. The minimum atomic E-state index is -0.263. The fourth-order valence-corrected chi connectivity index (χ4v) is 1.07. The smallest absolute Gasteiger partial charge is 0.155 e. The SMILES string of the molecule is CN(C)C(C)(C)C(=O)C1CC1. The molecule has 1 aliphatic rings. The monoisotopic (exact) mass is 155 g/mol. The molecule has 0 N–H and O–H groups in total. The lowest BCUT2D eigenvalue weighted by atomic mass is 9.94. The number of ketones is 1. The third-order valence-electron chi connectivity index (χ3n) is 2.67. The number of hydrogen-bond acceptors (Lipinski definition) is 2. The van der Waals surface area contributed by atoms with E-state index in [0.717, 1.165) is 12.8 Å². The van der Waals surface area contributed by atoms with Gasteiger partial charge in [0.2, 0.25) is 0 Å². The van der Waals surface area contributed by atoms with E-state index in [1.165, 1.54) is 0 Å². The number of carbonyl (C=O) groups is 1. The second-order valence-electron chi connectivity index (χ2n) is 4.09. The summed E-state index contributed by atoms with van der Waals surface area (Å²) in [5, 5.41) is 0. The molecule has 0 saturated heterocycles. The van der Waals surface area contributed by atoms with E-state index < -0.39 is 0 Å². The van der Waals surface area contributed by atoms with Crippen molar-refractivity contribution in [1.82, 2.24) is 4.90 Å². The van der Waals surface area contributed by atoms with Crippen LogP contribution < -0.4 is 0 Å². The lowest BCUT2D eigenvalue weighted by Gasteiger charge is -2.30. The first kappa shape index (κ1) is 8.72. The Bertz CT molecular complexity index is 168. The highest BCUT2D eigenvalue weighted by Gasteiger charge is 2.40. The standard InChI is InChI=1S/C9H17NO/c1-9(2,10(3)4)8(11)7-5-6-7/h7H,5-6H2,1-4H3. The highest BCUT2D eigenvalue weighted by atomic mass is 16.1. The molecule has 64 valence electrons. The number of likely N-dealkylation sites (N-methyl/N-ethyl adjacent to an activating group) is 1. The number of rotatable bonds is 3. The van der Waals surface area contributed by atoms with E-state index in [0.29, 0.717) is 11.7 Å². The van der Waals surface area contributed by atoms with Crippen molar-refractivity contribution in [3.05, 3.63) is 0 Å².